The average molecular weight is 287 g/mol. The maximum Gasteiger partial charge on any atom is 0.338 e. The van der Waals surface area contributed by atoms with Gasteiger partial charge < -0.3 is 14.2 Å². The summed E-state index contributed by atoms with van der Waals surface area (Å²) in [4.78, 5) is 22.1. The summed E-state index contributed by atoms with van der Waals surface area (Å²) in [6.45, 7) is 0. The van der Waals surface area contributed by atoms with Crippen molar-refractivity contribution in [1.82, 2.24) is 0 Å². The fourth-order valence-electron chi connectivity index (χ4n) is 1.98. The van der Waals surface area contributed by atoms with Crippen molar-refractivity contribution in [2.75, 3.05) is 7.11 Å². The lowest BCUT2D eigenvalue weighted by atomic mass is 10.1. The van der Waals surface area contributed by atoms with Gasteiger partial charge in [-0.2, -0.15) is 0 Å². The molecular weight excluding hydrogens is 278 g/mol. The molecule has 1 aliphatic rings. The van der Waals surface area contributed by atoms with Gasteiger partial charge in [-0.3, -0.25) is 10.1 Å². The van der Waals surface area contributed by atoms with Gasteiger partial charge in [0.05, 0.1) is 17.6 Å². The van der Waals surface area contributed by atoms with E-state index in [0.717, 1.165) is 6.07 Å². The first-order valence-corrected chi connectivity index (χ1v) is 5.95. The fraction of sp³-hybridized carbons (Fsp3) is 0.0714. The SMILES string of the molecule is COC(=O)c1cc2c(c([N+](=O)[O-])c1)Oc1ccccc1O2. The summed E-state index contributed by atoms with van der Waals surface area (Å²) in [5.74, 6) is 0.165. The number of nitro benzene ring substituents is 1. The minimum atomic E-state index is -0.691. The van der Waals surface area contributed by atoms with Gasteiger partial charge in [0.1, 0.15) is 0 Å². The number of ether oxygens (including phenoxy) is 3. The van der Waals surface area contributed by atoms with Gasteiger partial charge >= 0.3 is 11.7 Å². The number of esters is 1. The number of para-hydroxylation sites is 2. The zero-order valence-corrected chi connectivity index (χ0v) is 10.9. The van der Waals surface area contributed by atoms with Gasteiger partial charge in [-0.25, -0.2) is 4.79 Å². The van der Waals surface area contributed by atoms with Crippen LogP contribution in [0.3, 0.4) is 0 Å². The summed E-state index contributed by atoms with van der Waals surface area (Å²) in [5, 5.41) is 11.2. The maximum atomic E-state index is 11.6. The molecule has 0 aromatic heterocycles. The smallest absolute Gasteiger partial charge is 0.338 e. The van der Waals surface area contributed by atoms with E-state index in [0.29, 0.717) is 11.5 Å². The molecule has 0 aliphatic carbocycles. The standard InChI is InChI=1S/C14H9NO6/c1-19-14(16)8-6-9(15(17)18)13-12(7-8)20-10-4-2-3-5-11(10)21-13/h2-7H,1H3. The quantitative estimate of drug-likeness (QED) is 0.408. The summed E-state index contributed by atoms with van der Waals surface area (Å²) in [5.41, 5.74) is -0.340. The topological polar surface area (TPSA) is 87.9 Å². The predicted octanol–water partition coefficient (Wildman–Crippen LogP) is 3.28. The van der Waals surface area contributed by atoms with Crippen LogP contribution in [0.5, 0.6) is 23.0 Å². The molecule has 0 radical (unpaired) electrons. The summed E-state index contributed by atoms with van der Waals surface area (Å²) < 4.78 is 15.7. The van der Waals surface area contributed by atoms with Crippen LogP contribution in [0, 0.1) is 10.1 Å². The van der Waals surface area contributed by atoms with Crippen LogP contribution in [-0.2, 0) is 4.74 Å². The van der Waals surface area contributed by atoms with E-state index in [1.807, 2.05) is 0 Å². The normalized spacial score (nSPS) is 11.5. The summed E-state index contributed by atoms with van der Waals surface area (Å²) in [6, 6.07) is 9.21. The lowest BCUT2D eigenvalue weighted by Gasteiger charge is -2.20. The van der Waals surface area contributed by atoms with E-state index >= 15 is 0 Å². The van der Waals surface area contributed by atoms with Crippen molar-refractivity contribution in [2.24, 2.45) is 0 Å². The van der Waals surface area contributed by atoms with Gasteiger partial charge in [-0.15, -0.1) is 0 Å². The zero-order chi connectivity index (χ0) is 15.0. The Labute approximate surface area is 118 Å². The van der Waals surface area contributed by atoms with E-state index in [1.165, 1.54) is 13.2 Å². The number of hydrogen-bond acceptors (Lipinski definition) is 6. The van der Waals surface area contributed by atoms with Crippen molar-refractivity contribution < 1.29 is 23.9 Å². The van der Waals surface area contributed by atoms with Crippen LogP contribution < -0.4 is 9.47 Å². The third kappa shape index (κ3) is 2.14. The number of hydrogen-bond donors (Lipinski definition) is 0. The molecule has 0 saturated carbocycles. The van der Waals surface area contributed by atoms with E-state index < -0.39 is 10.9 Å². The number of nitrogens with zero attached hydrogens (tertiary/aromatic N) is 1. The Morgan fingerprint density at radius 3 is 2.43 bits per heavy atom. The largest absolute Gasteiger partial charge is 0.465 e. The lowest BCUT2D eigenvalue weighted by molar-refractivity contribution is -0.385. The van der Waals surface area contributed by atoms with Gasteiger partial charge in [0.25, 0.3) is 0 Å². The Balaban J connectivity index is 2.16. The first-order chi connectivity index (χ1) is 10.1. The molecular formula is C14H9NO6. The second-order valence-electron chi connectivity index (χ2n) is 4.22. The average Bonchev–Trinajstić information content (AvgIpc) is 2.50. The third-order valence-electron chi connectivity index (χ3n) is 2.93. The number of nitro groups is 1. The van der Waals surface area contributed by atoms with Gasteiger partial charge in [0.15, 0.2) is 17.2 Å². The highest BCUT2D eigenvalue weighted by atomic mass is 16.6. The van der Waals surface area contributed by atoms with Crippen molar-refractivity contribution in [1.29, 1.82) is 0 Å². The predicted molar refractivity (Wildman–Crippen MR) is 71.0 cm³/mol. The molecule has 0 bridgehead atoms. The van der Waals surface area contributed by atoms with Crippen LogP contribution in [0.15, 0.2) is 36.4 Å². The first kappa shape index (κ1) is 12.9. The van der Waals surface area contributed by atoms with Gasteiger partial charge in [0, 0.05) is 6.07 Å². The Morgan fingerprint density at radius 2 is 1.81 bits per heavy atom. The van der Waals surface area contributed by atoms with E-state index in [9.17, 15) is 14.9 Å². The zero-order valence-electron chi connectivity index (χ0n) is 10.9. The maximum absolute atomic E-state index is 11.6. The number of benzene rings is 2. The molecule has 0 fully saturated rings. The molecule has 0 spiro atoms. The molecule has 7 nitrogen and oxygen atoms in total. The van der Waals surface area contributed by atoms with Crippen LogP contribution >= 0.6 is 0 Å². The van der Waals surface area contributed by atoms with Crippen LogP contribution in [0.25, 0.3) is 0 Å². The molecule has 1 aliphatic heterocycles. The highest BCUT2D eigenvalue weighted by molar-refractivity contribution is 5.91. The summed E-state index contributed by atoms with van der Waals surface area (Å²) >= 11 is 0. The number of methoxy groups -OCH3 is 1. The van der Waals surface area contributed by atoms with E-state index in [-0.39, 0.29) is 22.7 Å². The van der Waals surface area contributed by atoms with Crippen LogP contribution in [0.2, 0.25) is 0 Å². The Kier molecular flexibility index (Phi) is 2.94. The van der Waals surface area contributed by atoms with Crippen molar-refractivity contribution >= 4 is 11.7 Å². The molecule has 1 heterocycles. The molecule has 3 rings (SSSR count). The lowest BCUT2D eigenvalue weighted by Crippen LogP contribution is -2.07. The highest BCUT2D eigenvalue weighted by Gasteiger charge is 2.30. The van der Waals surface area contributed by atoms with E-state index in [2.05, 4.69) is 4.74 Å². The molecule has 0 saturated heterocycles. The Bertz CT molecular complexity index is 755. The number of rotatable bonds is 2. The first-order valence-electron chi connectivity index (χ1n) is 5.95. The van der Waals surface area contributed by atoms with Crippen LogP contribution in [-0.4, -0.2) is 18.0 Å². The van der Waals surface area contributed by atoms with Crippen molar-refractivity contribution in [2.45, 2.75) is 0 Å². The Morgan fingerprint density at radius 1 is 1.14 bits per heavy atom. The van der Waals surface area contributed by atoms with Crippen molar-refractivity contribution in [3.8, 4) is 23.0 Å². The number of carbonyl (C=O) groups excluding carboxylic acids is 1. The van der Waals surface area contributed by atoms with E-state index in [1.54, 1.807) is 24.3 Å². The monoisotopic (exact) mass is 287 g/mol. The number of fused-ring (bicyclic) bond motifs is 2. The Hall–Kier alpha value is -3.09. The number of carbonyl (C=O) groups is 1. The van der Waals surface area contributed by atoms with Crippen LogP contribution in [0.4, 0.5) is 5.69 Å². The van der Waals surface area contributed by atoms with Crippen LogP contribution in [0.1, 0.15) is 10.4 Å². The minimum Gasteiger partial charge on any atom is -0.465 e. The second-order valence-corrected chi connectivity index (χ2v) is 4.22. The third-order valence-corrected chi connectivity index (χ3v) is 2.93. The van der Waals surface area contributed by atoms with Crippen molar-refractivity contribution in [3.63, 3.8) is 0 Å². The molecule has 2 aromatic carbocycles. The van der Waals surface area contributed by atoms with Gasteiger partial charge in [-0.05, 0) is 18.2 Å². The molecule has 0 amide bonds. The van der Waals surface area contributed by atoms with Crippen molar-refractivity contribution in [3.05, 3.63) is 52.1 Å². The molecule has 21 heavy (non-hydrogen) atoms. The minimum absolute atomic E-state index is 0.0194. The molecule has 0 unspecified atom stereocenters. The summed E-state index contributed by atoms with van der Waals surface area (Å²) in [7, 11) is 1.19. The molecule has 2 aromatic rings. The molecule has 106 valence electrons. The molecule has 0 N–H and O–H groups in total. The van der Waals surface area contributed by atoms with Gasteiger partial charge in [-0.1, -0.05) is 12.1 Å². The van der Waals surface area contributed by atoms with E-state index in [4.69, 9.17) is 9.47 Å². The molecule has 0 atom stereocenters. The highest BCUT2D eigenvalue weighted by Crippen LogP contribution is 2.49. The fourth-order valence-corrected chi connectivity index (χ4v) is 1.98. The van der Waals surface area contributed by atoms with Gasteiger partial charge in [0.2, 0.25) is 5.75 Å². The summed E-state index contributed by atoms with van der Waals surface area (Å²) in [6.07, 6.45) is 0. The molecule has 7 heteroatoms. The second kappa shape index (κ2) is 4.78.